The van der Waals surface area contributed by atoms with Gasteiger partial charge >= 0.3 is 0 Å². The van der Waals surface area contributed by atoms with Crippen molar-refractivity contribution < 1.29 is 9.59 Å². The molecule has 1 N–H and O–H groups in total. The second-order valence-corrected chi connectivity index (χ2v) is 10.8. The normalized spacial score (nSPS) is 20.8. The van der Waals surface area contributed by atoms with E-state index in [9.17, 15) is 9.59 Å². The molecule has 9 nitrogen and oxygen atoms in total. The molecule has 0 unspecified atom stereocenters. The van der Waals surface area contributed by atoms with Crippen molar-refractivity contribution in [2.45, 2.75) is 64.0 Å². The fourth-order valence-corrected chi connectivity index (χ4v) is 6.71. The number of aryl methyl sites for hydroxylation is 2. The maximum Gasteiger partial charge on any atom is 0.238 e. The highest BCUT2D eigenvalue weighted by Crippen LogP contribution is 2.43. The van der Waals surface area contributed by atoms with Gasteiger partial charge in [-0.3, -0.25) is 19.6 Å². The average Bonchev–Trinajstić information content (AvgIpc) is 3.57. The Morgan fingerprint density at radius 2 is 1.95 bits per heavy atom. The van der Waals surface area contributed by atoms with Gasteiger partial charge in [-0.15, -0.1) is 0 Å². The number of carbonyl (C=O) groups excluding carboxylic acids is 2. The largest absolute Gasteiger partial charge is 0.343 e. The van der Waals surface area contributed by atoms with Crippen LogP contribution in [-0.2, 0) is 34.5 Å². The first-order chi connectivity index (χ1) is 17.9. The van der Waals surface area contributed by atoms with Crippen molar-refractivity contribution in [2.24, 2.45) is 4.99 Å². The van der Waals surface area contributed by atoms with E-state index in [1.807, 2.05) is 17.3 Å². The SMILES string of the molecule is Cc1cc2c(c3c1CN=C3)Cn1c(C)cnc1[C@H](CC(=O)N1CCC3(CC1)C(=O)Nc1nccnc13)C2. The number of carbonyl (C=O) groups is 2. The maximum atomic E-state index is 13.6. The number of rotatable bonds is 2. The van der Waals surface area contributed by atoms with Gasteiger partial charge in [0.15, 0.2) is 5.82 Å². The number of aliphatic imine (C=N–C) groups is 1. The molecule has 37 heavy (non-hydrogen) atoms. The van der Waals surface area contributed by atoms with Gasteiger partial charge in [-0.1, -0.05) is 6.07 Å². The van der Waals surface area contributed by atoms with Crippen LogP contribution in [0.2, 0.25) is 0 Å². The maximum absolute atomic E-state index is 13.6. The highest BCUT2D eigenvalue weighted by atomic mass is 16.2. The van der Waals surface area contributed by atoms with Crippen LogP contribution in [0.15, 0.2) is 29.6 Å². The lowest BCUT2D eigenvalue weighted by molar-refractivity contribution is -0.135. The summed E-state index contributed by atoms with van der Waals surface area (Å²) in [7, 11) is 0. The van der Waals surface area contributed by atoms with Crippen molar-refractivity contribution in [3.63, 3.8) is 0 Å². The van der Waals surface area contributed by atoms with Gasteiger partial charge < -0.3 is 14.8 Å². The molecular formula is C28H29N7O2. The van der Waals surface area contributed by atoms with E-state index in [4.69, 9.17) is 4.98 Å². The second-order valence-electron chi connectivity index (χ2n) is 10.8. The van der Waals surface area contributed by atoms with Crippen LogP contribution in [0.3, 0.4) is 0 Å². The van der Waals surface area contributed by atoms with E-state index in [0.29, 0.717) is 38.2 Å². The van der Waals surface area contributed by atoms with Gasteiger partial charge in [0.1, 0.15) is 5.82 Å². The van der Waals surface area contributed by atoms with Gasteiger partial charge in [0.25, 0.3) is 0 Å². The lowest BCUT2D eigenvalue weighted by Gasteiger charge is -2.37. The molecule has 1 fully saturated rings. The van der Waals surface area contributed by atoms with Gasteiger partial charge in [0, 0.05) is 68.0 Å². The molecule has 6 heterocycles. The summed E-state index contributed by atoms with van der Waals surface area (Å²) < 4.78 is 2.27. The third kappa shape index (κ3) is 3.29. The van der Waals surface area contributed by atoms with Crippen molar-refractivity contribution in [1.29, 1.82) is 0 Å². The number of anilines is 1. The van der Waals surface area contributed by atoms with Crippen LogP contribution in [0.1, 0.15) is 70.2 Å². The molecule has 2 aromatic heterocycles. The summed E-state index contributed by atoms with van der Waals surface area (Å²) in [5.74, 6) is 1.60. The summed E-state index contributed by atoms with van der Waals surface area (Å²) in [5.41, 5.74) is 7.58. The number of likely N-dealkylation sites (tertiary alicyclic amines) is 1. The minimum Gasteiger partial charge on any atom is -0.343 e. The Morgan fingerprint density at radius 1 is 1.14 bits per heavy atom. The van der Waals surface area contributed by atoms with Crippen LogP contribution >= 0.6 is 0 Å². The number of nitrogens with zero attached hydrogens (tertiary/aromatic N) is 6. The van der Waals surface area contributed by atoms with Crippen LogP contribution in [0.4, 0.5) is 5.82 Å². The monoisotopic (exact) mass is 495 g/mol. The zero-order valence-electron chi connectivity index (χ0n) is 21.1. The number of benzene rings is 1. The number of amides is 2. The summed E-state index contributed by atoms with van der Waals surface area (Å²) in [6.45, 7) is 6.81. The molecule has 4 aliphatic heterocycles. The number of fused-ring (bicyclic) bond motifs is 6. The summed E-state index contributed by atoms with van der Waals surface area (Å²) in [6.07, 6.45) is 9.46. The number of piperidine rings is 1. The van der Waals surface area contributed by atoms with Gasteiger partial charge in [0.05, 0.1) is 17.7 Å². The fraction of sp³-hybridized carbons (Fsp3) is 0.429. The predicted octanol–water partition coefficient (Wildman–Crippen LogP) is 2.81. The van der Waals surface area contributed by atoms with Crippen molar-refractivity contribution in [1.82, 2.24) is 24.4 Å². The molecule has 0 aliphatic carbocycles. The highest BCUT2D eigenvalue weighted by Gasteiger charge is 2.51. The zero-order valence-corrected chi connectivity index (χ0v) is 21.1. The predicted molar refractivity (Wildman–Crippen MR) is 138 cm³/mol. The molecular weight excluding hydrogens is 466 g/mol. The Balaban J connectivity index is 1.14. The minimum absolute atomic E-state index is 0.00417. The van der Waals surface area contributed by atoms with E-state index < -0.39 is 5.41 Å². The van der Waals surface area contributed by atoms with E-state index in [1.165, 1.54) is 27.8 Å². The molecule has 1 saturated heterocycles. The smallest absolute Gasteiger partial charge is 0.238 e. The van der Waals surface area contributed by atoms with Gasteiger partial charge in [-0.25, -0.2) is 9.97 Å². The Labute approximate surface area is 215 Å². The molecule has 1 spiro atoms. The molecule has 188 valence electrons. The topological polar surface area (TPSA) is 105 Å². The van der Waals surface area contributed by atoms with E-state index in [-0.39, 0.29) is 17.7 Å². The summed E-state index contributed by atoms with van der Waals surface area (Å²) >= 11 is 0. The Morgan fingerprint density at radius 3 is 2.78 bits per heavy atom. The van der Waals surface area contributed by atoms with Crippen LogP contribution in [0.25, 0.3) is 0 Å². The van der Waals surface area contributed by atoms with Crippen molar-refractivity contribution in [3.8, 4) is 0 Å². The summed E-state index contributed by atoms with van der Waals surface area (Å²) in [6, 6.07) is 2.30. The quantitative estimate of drug-likeness (QED) is 0.589. The van der Waals surface area contributed by atoms with Crippen LogP contribution in [-0.4, -0.2) is 55.5 Å². The van der Waals surface area contributed by atoms with E-state index in [0.717, 1.165) is 36.7 Å². The number of hydrogen-bond donors (Lipinski definition) is 1. The van der Waals surface area contributed by atoms with Gasteiger partial charge in [-0.05, 0) is 55.4 Å². The first-order valence-corrected chi connectivity index (χ1v) is 13.0. The van der Waals surface area contributed by atoms with E-state index >= 15 is 0 Å². The summed E-state index contributed by atoms with van der Waals surface area (Å²) in [5, 5.41) is 2.88. The van der Waals surface area contributed by atoms with Gasteiger partial charge in [-0.2, -0.15) is 0 Å². The minimum atomic E-state index is -0.686. The molecule has 1 aromatic carbocycles. The molecule has 9 heteroatoms. The number of imidazole rings is 1. The van der Waals surface area contributed by atoms with Gasteiger partial charge in [0.2, 0.25) is 11.8 Å². The summed E-state index contributed by atoms with van der Waals surface area (Å²) in [4.78, 5) is 46.5. The van der Waals surface area contributed by atoms with Crippen LogP contribution in [0, 0.1) is 13.8 Å². The standard InChI is InChI=1S/C28H29N7O2/c1-16-9-18-10-19(26-32-12-17(2)35(26)15-22(18)21-14-29-13-20(16)21)11-23(36)34-7-3-28(4-8-34)24-25(33-27(28)37)31-6-5-30-24/h5-6,9,12,14,19H,3-4,7-8,10-11,13,15H2,1-2H3,(H,31,33,37)/t19-/m0/s1. The molecule has 1 atom stereocenters. The number of aromatic nitrogens is 4. The number of hydrogen-bond acceptors (Lipinski definition) is 6. The zero-order chi connectivity index (χ0) is 25.3. The van der Waals surface area contributed by atoms with Crippen molar-refractivity contribution >= 4 is 23.8 Å². The van der Waals surface area contributed by atoms with E-state index in [2.05, 4.69) is 44.8 Å². The van der Waals surface area contributed by atoms with Crippen LogP contribution < -0.4 is 5.32 Å². The lowest BCUT2D eigenvalue weighted by atomic mass is 9.76. The van der Waals surface area contributed by atoms with Crippen LogP contribution in [0.5, 0.6) is 0 Å². The molecule has 4 aliphatic rings. The molecule has 7 rings (SSSR count). The highest BCUT2D eigenvalue weighted by molar-refractivity contribution is 6.04. The molecule has 2 amide bonds. The molecule has 0 saturated carbocycles. The lowest BCUT2D eigenvalue weighted by Crippen LogP contribution is -2.48. The van der Waals surface area contributed by atoms with Crippen molar-refractivity contribution in [3.05, 3.63) is 69.7 Å². The fourth-order valence-electron chi connectivity index (χ4n) is 6.71. The molecule has 0 bridgehead atoms. The third-order valence-corrected chi connectivity index (χ3v) is 8.82. The first-order valence-electron chi connectivity index (χ1n) is 13.0. The molecule has 0 radical (unpaired) electrons. The Bertz CT molecular complexity index is 1500. The average molecular weight is 496 g/mol. The Hall–Kier alpha value is -3.88. The molecule has 3 aromatic rings. The second kappa shape index (κ2) is 8.06. The first kappa shape index (κ1) is 22.3. The third-order valence-electron chi connectivity index (χ3n) is 8.82. The van der Waals surface area contributed by atoms with E-state index in [1.54, 1.807) is 12.4 Å². The Kier molecular flexibility index (Phi) is 4.86. The number of nitrogens with one attached hydrogen (secondary N) is 1. The van der Waals surface area contributed by atoms with Crippen molar-refractivity contribution in [2.75, 3.05) is 18.4 Å².